The normalized spacial score (nSPS) is 17.3. The third-order valence-corrected chi connectivity index (χ3v) is 3.86. The number of hydrogen-bond acceptors (Lipinski definition) is 4. The van der Waals surface area contributed by atoms with Crippen molar-refractivity contribution in [2.75, 3.05) is 20.3 Å². The Bertz CT molecular complexity index is 410. The van der Waals surface area contributed by atoms with Gasteiger partial charge in [0, 0.05) is 13.7 Å². The minimum Gasteiger partial charge on any atom is -0.467 e. The molecule has 1 N–H and O–H groups in total. The van der Waals surface area contributed by atoms with Gasteiger partial charge >= 0.3 is 0 Å². The molecule has 1 heterocycles. The predicted molar refractivity (Wildman–Crippen MR) is 74.0 cm³/mol. The average molecular weight is 281 g/mol. The van der Waals surface area contributed by atoms with Crippen molar-refractivity contribution in [1.29, 1.82) is 0 Å². The van der Waals surface area contributed by atoms with E-state index in [-0.39, 0.29) is 12.3 Å². The Morgan fingerprint density at radius 2 is 2.25 bits per heavy atom. The Morgan fingerprint density at radius 3 is 2.85 bits per heavy atom. The van der Waals surface area contributed by atoms with Gasteiger partial charge in [0.1, 0.15) is 5.76 Å². The Morgan fingerprint density at radius 1 is 1.50 bits per heavy atom. The van der Waals surface area contributed by atoms with Crippen LogP contribution in [-0.4, -0.2) is 41.8 Å². The summed E-state index contributed by atoms with van der Waals surface area (Å²) in [6, 6.07) is 3.65. The molecule has 1 aromatic heterocycles. The zero-order chi connectivity index (χ0) is 14.4. The van der Waals surface area contributed by atoms with E-state index in [4.69, 9.17) is 9.15 Å². The fraction of sp³-hybridized carbons (Fsp3) is 0.667. The van der Waals surface area contributed by atoms with Crippen molar-refractivity contribution in [2.45, 2.75) is 44.2 Å². The number of furan rings is 1. The van der Waals surface area contributed by atoms with Crippen molar-refractivity contribution in [1.82, 2.24) is 4.90 Å². The maximum absolute atomic E-state index is 12.4. The Hall–Kier alpha value is -1.33. The lowest BCUT2D eigenvalue weighted by molar-refractivity contribution is -0.137. The second-order valence-corrected chi connectivity index (χ2v) is 5.50. The molecule has 5 nitrogen and oxygen atoms in total. The average Bonchev–Trinajstić information content (AvgIpc) is 3.06. The Balaban J connectivity index is 1.95. The quantitative estimate of drug-likeness (QED) is 0.829. The summed E-state index contributed by atoms with van der Waals surface area (Å²) in [6.07, 6.45) is 5.23. The topological polar surface area (TPSA) is 62.9 Å². The summed E-state index contributed by atoms with van der Waals surface area (Å²) in [4.78, 5) is 14.1. The van der Waals surface area contributed by atoms with Crippen LogP contribution in [0.1, 0.15) is 37.9 Å². The first-order valence-electron chi connectivity index (χ1n) is 7.14. The minimum absolute atomic E-state index is 0.0390. The lowest BCUT2D eigenvalue weighted by Crippen LogP contribution is -2.39. The zero-order valence-electron chi connectivity index (χ0n) is 12.0. The third-order valence-electron chi connectivity index (χ3n) is 3.86. The van der Waals surface area contributed by atoms with Crippen LogP contribution in [0.2, 0.25) is 0 Å². The number of aliphatic hydroxyl groups is 1. The molecule has 1 amide bonds. The third kappa shape index (κ3) is 4.08. The van der Waals surface area contributed by atoms with Crippen molar-refractivity contribution in [2.24, 2.45) is 0 Å². The fourth-order valence-corrected chi connectivity index (χ4v) is 2.69. The van der Waals surface area contributed by atoms with Crippen molar-refractivity contribution in [3.05, 3.63) is 24.2 Å². The molecule has 20 heavy (non-hydrogen) atoms. The molecule has 0 atom stereocenters. The first-order chi connectivity index (χ1) is 9.63. The molecule has 1 aromatic rings. The Labute approximate surface area is 119 Å². The van der Waals surface area contributed by atoms with E-state index in [1.165, 1.54) is 0 Å². The van der Waals surface area contributed by atoms with Gasteiger partial charge in [0.25, 0.3) is 0 Å². The molecular weight excluding hydrogens is 258 g/mol. The van der Waals surface area contributed by atoms with E-state index in [2.05, 4.69) is 0 Å². The van der Waals surface area contributed by atoms with Gasteiger partial charge in [-0.3, -0.25) is 4.79 Å². The van der Waals surface area contributed by atoms with Gasteiger partial charge in [-0.1, -0.05) is 12.8 Å². The van der Waals surface area contributed by atoms with Crippen LogP contribution in [0.3, 0.4) is 0 Å². The van der Waals surface area contributed by atoms with E-state index in [1.54, 1.807) is 24.3 Å². The van der Waals surface area contributed by atoms with Gasteiger partial charge in [-0.2, -0.15) is 0 Å². The van der Waals surface area contributed by atoms with Gasteiger partial charge < -0.3 is 19.2 Å². The summed E-state index contributed by atoms with van der Waals surface area (Å²) in [5.74, 6) is 0.704. The second-order valence-electron chi connectivity index (χ2n) is 5.50. The van der Waals surface area contributed by atoms with E-state index >= 15 is 0 Å². The first kappa shape index (κ1) is 15.1. The van der Waals surface area contributed by atoms with E-state index < -0.39 is 5.60 Å². The molecule has 0 bridgehead atoms. The van der Waals surface area contributed by atoms with Gasteiger partial charge in [0.05, 0.1) is 31.4 Å². The lowest BCUT2D eigenvalue weighted by Gasteiger charge is -2.27. The summed E-state index contributed by atoms with van der Waals surface area (Å²) >= 11 is 0. The van der Waals surface area contributed by atoms with Crippen LogP contribution in [0, 0.1) is 0 Å². The number of nitrogens with zero attached hydrogens (tertiary/aromatic N) is 1. The van der Waals surface area contributed by atoms with Crippen molar-refractivity contribution >= 4 is 5.91 Å². The van der Waals surface area contributed by atoms with Crippen LogP contribution >= 0.6 is 0 Å². The number of hydrogen-bond donors (Lipinski definition) is 1. The molecular formula is C15H23NO4. The fourth-order valence-electron chi connectivity index (χ4n) is 2.69. The van der Waals surface area contributed by atoms with Crippen LogP contribution in [-0.2, 0) is 16.1 Å². The van der Waals surface area contributed by atoms with Crippen LogP contribution in [0.4, 0.5) is 0 Å². The van der Waals surface area contributed by atoms with Gasteiger partial charge in [-0.25, -0.2) is 0 Å². The van der Waals surface area contributed by atoms with Crippen molar-refractivity contribution in [3.63, 3.8) is 0 Å². The Kier molecular flexibility index (Phi) is 5.20. The molecule has 0 saturated heterocycles. The van der Waals surface area contributed by atoms with Gasteiger partial charge in [0.2, 0.25) is 5.91 Å². The molecule has 0 aliphatic heterocycles. The molecule has 0 aromatic carbocycles. The van der Waals surface area contributed by atoms with Crippen molar-refractivity contribution < 1.29 is 19.1 Å². The highest BCUT2D eigenvalue weighted by molar-refractivity contribution is 5.77. The summed E-state index contributed by atoms with van der Waals surface area (Å²) < 4.78 is 10.3. The van der Waals surface area contributed by atoms with E-state index in [0.29, 0.717) is 19.7 Å². The van der Waals surface area contributed by atoms with E-state index in [0.717, 1.165) is 31.4 Å². The zero-order valence-corrected chi connectivity index (χ0v) is 12.0. The lowest BCUT2D eigenvalue weighted by atomic mass is 9.97. The molecule has 1 fully saturated rings. The largest absolute Gasteiger partial charge is 0.467 e. The first-order valence-corrected chi connectivity index (χ1v) is 7.14. The number of carbonyl (C=O) groups is 1. The van der Waals surface area contributed by atoms with Crippen LogP contribution in [0.5, 0.6) is 0 Å². The summed E-state index contributed by atoms with van der Waals surface area (Å²) in [5, 5.41) is 10.4. The molecule has 5 heteroatoms. The molecule has 1 aliphatic carbocycles. The highest BCUT2D eigenvalue weighted by atomic mass is 16.5. The molecule has 0 spiro atoms. The SMILES string of the molecule is COCCN(Cc1ccco1)C(=O)CC1(O)CCCC1. The minimum atomic E-state index is -0.814. The molecule has 0 unspecified atom stereocenters. The van der Waals surface area contributed by atoms with Gasteiger partial charge in [-0.15, -0.1) is 0 Å². The standard InChI is InChI=1S/C15H23NO4/c1-19-10-8-16(12-13-5-4-9-20-13)14(17)11-15(18)6-2-3-7-15/h4-5,9,18H,2-3,6-8,10-12H2,1H3. The molecule has 112 valence electrons. The number of carbonyl (C=O) groups excluding carboxylic acids is 1. The van der Waals surface area contributed by atoms with E-state index in [1.807, 2.05) is 6.07 Å². The maximum Gasteiger partial charge on any atom is 0.225 e. The van der Waals surface area contributed by atoms with Crippen LogP contribution < -0.4 is 0 Å². The summed E-state index contributed by atoms with van der Waals surface area (Å²) in [6.45, 7) is 1.41. The summed E-state index contributed by atoms with van der Waals surface area (Å²) in [7, 11) is 1.61. The smallest absolute Gasteiger partial charge is 0.225 e. The number of methoxy groups -OCH3 is 1. The van der Waals surface area contributed by atoms with Crippen molar-refractivity contribution in [3.8, 4) is 0 Å². The second kappa shape index (κ2) is 6.90. The van der Waals surface area contributed by atoms with Crippen LogP contribution in [0.25, 0.3) is 0 Å². The number of rotatable bonds is 7. The highest BCUT2D eigenvalue weighted by Gasteiger charge is 2.34. The predicted octanol–water partition coefficient (Wildman–Crippen LogP) is 1.95. The number of amides is 1. The summed E-state index contributed by atoms with van der Waals surface area (Å²) in [5.41, 5.74) is -0.814. The molecule has 2 rings (SSSR count). The van der Waals surface area contributed by atoms with Crippen LogP contribution in [0.15, 0.2) is 22.8 Å². The maximum atomic E-state index is 12.4. The van der Waals surface area contributed by atoms with Gasteiger partial charge in [-0.05, 0) is 25.0 Å². The monoisotopic (exact) mass is 281 g/mol. The molecule has 1 saturated carbocycles. The number of ether oxygens (including phenoxy) is 1. The van der Waals surface area contributed by atoms with Gasteiger partial charge in [0.15, 0.2) is 0 Å². The molecule has 0 radical (unpaired) electrons. The van der Waals surface area contributed by atoms with E-state index in [9.17, 15) is 9.90 Å². The molecule has 1 aliphatic rings. The highest BCUT2D eigenvalue weighted by Crippen LogP contribution is 2.32.